The fourth-order valence-electron chi connectivity index (χ4n) is 4.62. The molecule has 5 heteroatoms. The third-order valence-corrected chi connectivity index (χ3v) is 7.44. The first-order valence-corrected chi connectivity index (χ1v) is 17.5. The van der Waals surface area contributed by atoms with Crippen LogP contribution >= 0.6 is 0 Å². The second-order valence-electron chi connectivity index (χ2n) is 11.7. The summed E-state index contributed by atoms with van der Waals surface area (Å²) in [6.07, 6.45) is 79.0. The topological polar surface area (TPSA) is 69.2 Å². The van der Waals surface area contributed by atoms with Crippen molar-refractivity contribution in [2.24, 2.45) is 0 Å². The van der Waals surface area contributed by atoms with Crippen molar-refractivity contribution in [3.05, 3.63) is 309 Å². The van der Waals surface area contributed by atoms with Gasteiger partial charge in [0.05, 0.1) is 0 Å². The minimum atomic E-state index is -0.0114. The minimum Gasteiger partial charge on any atom is -0.892 e. The van der Waals surface area contributed by atoms with E-state index in [0.717, 1.165) is 33.4 Å². The Morgan fingerprint density at radius 2 is 0.554 bits per heavy atom. The zero-order valence-electron chi connectivity index (χ0n) is 30.6. The molecule has 6 rings (SSSR count). The molecule has 0 aromatic heterocycles. The SMILES string of the molecule is [O-]C(=CC=C1C=CC=C[CH-]1)[CH-]C=C1C=CC=C[CH-]1.[O-]C(=CC=C1C=CC=C[CH-]1)[CH-]C=C1C=CC=C[CH-]1.[O-]C(=CC=C1C=CC=C[CH-]1)[CH-]C=C1C=CC=C[CH-]1.[Pd].[Pd]. The van der Waals surface area contributed by atoms with Gasteiger partial charge in [0, 0.05) is 40.8 Å². The van der Waals surface area contributed by atoms with E-state index in [9.17, 15) is 15.3 Å². The Balaban J connectivity index is 0.000000285. The summed E-state index contributed by atoms with van der Waals surface area (Å²) in [6, 6.07) is 0. The van der Waals surface area contributed by atoms with Gasteiger partial charge in [0.1, 0.15) is 0 Å². The Kier molecular flexibility index (Phi) is 23.6. The van der Waals surface area contributed by atoms with Crippen LogP contribution in [0.4, 0.5) is 0 Å². The fraction of sp³-hybridized carbons (Fsp3) is 0. The maximum Gasteiger partial charge on any atom is 0 e. The van der Waals surface area contributed by atoms with Crippen molar-refractivity contribution in [1.29, 1.82) is 0 Å². The fourth-order valence-corrected chi connectivity index (χ4v) is 4.62. The summed E-state index contributed by atoms with van der Waals surface area (Å²) in [6.45, 7) is 0. The molecule has 0 unspecified atom stereocenters. The Bertz CT molecular complexity index is 1720. The summed E-state index contributed by atoms with van der Waals surface area (Å²) in [5, 5.41) is 34.8. The smallest absolute Gasteiger partial charge is 0 e. The van der Waals surface area contributed by atoms with Crippen molar-refractivity contribution in [2.45, 2.75) is 0 Å². The molecule has 0 amide bonds. The van der Waals surface area contributed by atoms with Gasteiger partial charge < -0.3 is 15.3 Å². The van der Waals surface area contributed by atoms with Crippen molar-refractivity contribution in [2.75, 3.05) is 0 Å². The average Bonchev–Trinajstić information content (AvgIpc) is 3.24. The van der Waals surface area contributed by atoms with Gasteiger partial charge in [-0.05, 0) is 0 Å². The van der Waals surface area contributed by atoms with Gasteiger partial charge in [-0.1, -0.05) is 0 Å². The quantitative estimate of drug-likeness (QED) is 0.132. The maximum atomic E-state index is 11.6. The molecule has 0 heterocycles. The molecule has 3 nitrogen and oxygen atoms in total. The molecule has 0 N–H and O–H groups in total. The van der Waals surface area contributed by atoms with Gasteiger partial charge in [-0.3, -0.25) is 0 Å². The molecule has 0 spiro atoms. The predicted octanol–water partition coefficient (Wildman–Crippen LogP) is 8.84. The van der Waals surface area contributed by atoms with Crippen LogP contribution < -0.4 is 15.3 Å². The van der Waals surface area contributed by atoms with Gasteiger partial charge >= 0.3 is 0 Å². The van der Waals surface area contributed by atoms with Gasteiger partial charge in [-0.15, -0.1) is 110 Å². The van der Waals surface area contributed by atoms with Gasteiger partial charge in [-0.25, -0.2) is 89.7 Å². The molecular formula is C51H42O3Pd2-12. The van der Waals surface area contributed by atoms with Crippen molar-refractivity contribution < 1.29 is 56.2 Å². The first-order chi connectivity index (χ1) is 26.5. The Morgan fingerprint density at radius 3 is 0.750 bits per heavy atom. The molecule has 0 fully saturated rings. The molecule has 0 aliphatic heterocycles. The van der Waals surface area contributed by atoms with Crippen LogP contribution in [0.2, 0.25) is 0 Å². The summed E-state index contributed by atoms with van der Waals surface area (Å²) >= 11 is 0. The number of rotatable bonds is 9. The predicted molar refractivity (Wildman–Crippen MR) is 221 cm³/mol. The largest absolute Gasteiger partial charge is 0.892 e. The summed E-state index contributed by atoms with van der Waals surface area (Å²) in [7, 11) is 0. The van der Waals surface area contributed by atoms with Crippen molar-refractivity contribution in [3.8, 4) is 0 Å². The molecular weight excluding hydrogens is 873 g/mol. The number of hydrogen-bond acceptors (Lipinski definition) is 3. The molecule has 6 aliphatic carbocycles. The van der Waals surface area contributed by atoms with Crippen LogP contribution in [0, 0.1) is 57.8 Å². The van der Waals surface area contributed by atoms with Crippen LogP contribution in [0.25, 0.3) is 0 Å². The van der Waals surface area contributed by atoms with E-state index in [1.807, 2.05) is 221 Å². The van der Waals surface area contributed by atoms with Crippen LogP contribution in [0.1, 0.15) is 0 Å². The molecule has 0 aromatic rings. The van der Waals surface area contributed by atoms with E-state index < -0.39 is 0 Å². The van der Waals surface area contributed by atoms with E-state index >= 15 is 0 Å². The van der Waals surface area contributed by atoms with Gasteiger partial charge in [0.25, 0.3) is 0 Å². The Morgan fingerprint density at radius 1 is 0.339 bits per heavy atom. The second-order valence-corrected chi connectivity index (χ2v) is 11.7. The zero-order valence-corrected chi connectivity index (χ0v) is 33.7. The van der Waals surface area contributed by atoms with E-state index in [2.05, 4.69) is 0 Å². The van der Waals surface area contributed by atoms with E-state index in [0.29, 0.717) is 0 Å². The molecule has 6 aliphatic rings. The first-order valence-electron chi connectivity index (χ1n) is 17.5. The molecule has 296 valence electrons. The standard InChI is InChI=1S/3C17H15O.2Pd/c3*18-17(13-11-15-7-3-1-4-8-15)14-12-16-9-5-2-6-10-16;;/h3*1-14,18H;;/q3*-3;;/p-3. The maximum absolute atomic E-state index is 11.6. The van der Waals surface area contributed by atoms with E-state index in [4.69, 9.17) is 0 Å². The normalized spacial score (nSPS) is 21.3. The molecule has 0 aromatic carbocycles. The monoisotopic (exact) mass is 914 g/mol. The summed E-state index contributed by atoms with van der Waals surface area (Å²) in [4.78, 5) is 0. The molecule has 0 radical (unpaired) electrons. The second kappa shape index (κ2) is 28.5. The van der Waals surface area contributed by atoms with Crippen molar-refractivity contribution in [1.82, 2.24) is 0 Å². The molecule has 0 bridgehead atoms. The van der Waals surface area contributed by atoms with Gasteiger partial charge in [0.15, 0.2) is 0 Å². The molecule has 0 atom stereocenters. The van der Waals surface area contributed by atoms with E-state index in [1.54, 1.807) is 37.5 Å². The van der Waals surface area contributed by atoms with Gasteiger partial charge in [-0.2, -0.15) is 109 Å². The zero-order chi connectivity index (χ0) is 37.9. The average molecular weight is 916 g/mol. The van der Waals surface area contributed by atoms with Crippen LogP contribution in [0.3, 0.4) is 0 Å². The van der Waals surface area contributed by atoms with Crippen molar-refractivity contribution >= 4 is 0 Å². The van der Waals surface area contributed by atoms with Crippen LogP contribution in [-0.2, 0) is 40.8 Å². The first kappa shape index (κ1) is 46.2. The van der Waals surface area contributed by atoms with Gasteiger partial charge in [0.2, 0.25) is 0 Å². The van der Waals surface area contributed by atoms with E-state index in [1.165, 1.54) is 0 Å². The van der Waals surface area contributed by atoms with Crippen LogP contribution in [-0.4, -0.2) is 0 Å². The minimum absolute atomic E-state index is 0. The molecule has 56 heavy (non-hydrogen) atoms. The molecule has 0 saturated carbocycles. The van der Waals surface area contributed by atoms with Crippen molar-refractivity contribution in [3.63, 3.8) is 0 Å². The van der Waals surface area contributed by atoms with Crippen LogP contribution in [0.5, 0.6) is 0 Å². The Labute approximate surface area is 362 Å². The molecule has 0 saturated heterocycles. The summed E-state index contributed by atoms with van der Waals surface area (Å²) < 4.78 is 0. The van der Waals surface area contributed by atoms with E-state index in [-0.39, 0.29) is 58.1 Å². The number of allylic oxidation sites excluding steroid dienone is 39. The third kappa shape index (κ3) is 20.5. The number of hydrogen-bond donors (Lipinski definition) is 0. The summed E-state index contributed by atoms with van der Waals surface area (Å²) in [5.41, 5.74) is 6.16. The van der Waals surface area contributed by atoms with Crippen LogP contribution in [0.15, 0.2) is 251 Å². The summed E-state index contributed by atoms with van der Waals surface area (Å²) in [5.74, 6) is -0.0341. The third-order valence-electron chi connectivity index (χ3n) is 7.44. The Hall–Kier alpha value is -5.91.